The quantitative estimate of drug-likeness (QED) is 0.857. The van der Waals surface area contributed by atoms with Gasteiger partial charge in [0.05, 0.1) is 12.3 Å². The number of amides is 1. The number of hydrogen-bond donors (Lipinski definition) is 2. The van der Waals surface area contributed by atoms with Gasteiger partial charge < -0.3 is 10.4 Å². The van der Waals surface area contributed by atoms with Crippen LogP contribution in [0.2, 0.25) is 0 Å². The molecule has 2 rings (SSSR count). The third-order valence-corrected chi connectivity index (χ3v) is 3.33. The number of hydrogen-bond acceptors (Lipinski definition) is 3. The Morgan fingerprint density at radius 1 is 1.39 bits per heavy atom. The van der Waals surface area contributed by atoms with E-state index in [4.69, 9.17) is 0 Å². The third kappa shape index (κ3) is 3.50. The van der Waals surface area contributed by atoms with Gasteiger partial charge in [-0.2, -0.15) is 0 Å². The number of pyridine rings is 1. The molecule has 1 aliphatic carbocycles. The number of carbonyl (C=O) groups excluding carboxylic acids is 1. The number of aliphatic hydroxyl groups is 1. The molecule has 1 saturated carbocycles. The van der Waals surface area contributed by atoms with Crippen LogP contribution in [-0.2, 0) is 0 Å². The molecular weight excluding hydrogens is 235 g/mol. The smallest absolute Gasteiger partial charge is 0.269 e. The summed E-state index contributed by atoms with van der Waals surface area (Å²) in [6.07, 6.45) is 4.31. The van der Waals surface area contributed by atoms with E-state index in [0.29, 0.717) is 12.5 Å². The predicted molar refractivity (Wildman–Crippen MR) is 64.5 cm³/mol. The van der Waals surface area contributed by atoms with E-state index in [2.05, 4.69) is 10.3 Å². The van der Waals surface area contributed by atoms with Crippen molar-refractivity contribution in [2.45, 2.75) is 31.8 Å². The number of carbonyl (C=O) groups is 1. The molecule has 1 amide bonds. The zero-order valence-electron chi connectivity index (χ0n) is 10.1. The van der Waals surface area contributed by atoms with Crippen molar-refractivity contribution in [3.05, 3.63) is 29.8 Å². The Hall–Kier alpha value is -1.49. The molecule has 18 heavy (non-hydrogen) atoms. The lowest BCUT2D eigenvalue weighted by Gasteiger charge is -2.25. The van der Waals surface area contributed by atoms with Crippen LogP contribution < -0.4 is 5.32 Å². The highest BCUT2D eigenvalue weighted by molar-refractivity contribution is 5.92. The molecule has 0 radical (unpaired) electrons. The van der Waals surface area contributed by atoms with E-state index in [1.54, 1.807) is 0 Å². The largest absolute Gasteiger partial charge is 0.393 e. The highest BCUT2D eigenvalue weighted by Gasteiger charge is 2.20. The van der Waals surface area contributed by atoms with E-state index >= 15 is 0 Å². The molecule has 1 aromatic heterocycles. The second-order valence-corrected chi connectivity index (χ2v) is 4.75. The summed E-state index contributed by atoms with van der Waals surface area (Å²) in [5, 5.41) is 12.2. The molecule has 0 bridgehead atoms. The number of aromatic nitrogens is 1. The first-order valence-corrected chi connectivity index (χ1v) is 6.23. The fourth-order valence-electron chi connectivity index (χ4n) is 2.19. The number of nitrogens with one attached hydrogen (secondary N) is 1. The first-order chi connectivity index (χ1) is 8.65. The summed E-state index contributed by atoms with van der Waals surface area (Å²) in [4.78, 5) is 15.4. The summed E-state index contributed by atoms with van der Waals surface area (Å²) in [6.45, 7) is 0.588. The number of rotatable bonds is 3. The molecule has 2 N–H and O–H groups in total. The van der Waals surface area contributed by atoms with Gasteiger partial charge in [0.15, 0.2) is 0 Å². The normalized spacial score (nSPS) is 23.7. The molecule has 1 aromatic rings. The predicted octanol–water partition coefficient (Wildman–Crippen LogP) is 1.50. The van der Waals surface area contributed by atoms with Crippen molar-refractivity contribution in [3.8, 4) is 0 Å². The lowest BCUT2D eigenvalue weighted by atomic mass is 9.87. The lowest BCUT2D eigenvalue weighted by Crippen LogP contribution is -2.32. The van der Waals surface area contributed by atoms with Gasteiger partial charge in [-0.15, -0.1) is 0 Å². The van der Waals surface area contributed by atoms with Gasteiger partial charge in [0.25, 0.3) is 5.91 Å². The van der Waals surface area contributed by atoms with Gasteiger partial charge in [0.2, 0.25) is 0 Å². The standard InChI is InChI=1S/C13H17FN2O2/c14-10-3-6-12(15-8-10)13(18)16-7-9-1-4-11(17)5-2-9/h3,6,8-9,11,17H,1-2,4-5,7H2,(H,16,18). The zero-order chi connectivity index (χ0) is 13.0. The van der Waals surface area contributed by atoms with E-state index in [1.807, 2.05) is 0 Å². The topological polar surface area (TPSA) is 62.2 Å². The average Bonchev–Trinajstić information content (AvgIpc) is 2.38. The monoisotopic (exact) mass is 252 g/mol. The highest BCUT2D eigenvalue weighted by Crippen LogP contribution is 2.23. The van der Waals surface area contributed by atoms with Gasteiger partial charge in [0.1, 0.15) is 11.5 Å². The van der Waals surface area contributed by atoms with E-state index in [0.717, 1.165) is 31.9 Å². The number of aliphatic hydroxyl groups excluding tert-OH is 1. The number of halogens is 1. The van der Waals surface area contributed by atoms with Gasteiger partial charge in [-0.05, 0) is 43.7 Å². The van der Waals surface area contributed by atoms with Gasteiger partial charge >= 0.3 is 0 Å². The molecule has 5 heteroatoms. The van der Waals surface area contributed by atoms with Crippen LogP contribution in [-0.4, -0.2) is 28.6 Å². The zero-order valence-corrected chi connectivity index (χ0v) is 10.1. The summed E-state index contributed by atoms with van der Waals surface area (Å²) < 4.78 is 12.6. The highest BCUT2D eigenvalue weighted by atomic mass is 19.1. The molecule has 0 atom stereocenters. The van der Waals surface area contributed by atoms with Crippen LogP contribution in [0.1, 0.15) is 36.2 Å². The van der Waals surface area contributed by atoms with Gasteiger partial charge in [-0.3, -0.25) is 4.79 Å². The number of nitrogens with zero attached hydrogens (tertiary/aromatic N) is 1. The molecule has 0 aromatic carbocycles. The second-order valence-electron chi connectivity index (χ2n) is 4.75. The maximum Gasteiger partial charge on any atom is 0.269 e. The summed E-state index contributed by atoms with van der Waals surface area (Å²) in [5.74, 6) is -0.313. The van der Waals surface area contributed by atoms with Gasteiger partial charge in [0, 0.05) is 6.54 Å². The summed E-state index contributed by atoms with van der Waals surface area (Å²) >= 11 is 0. The van der Waals surface area contributed by atoms with Crippen molar-refractivity contribution in [1.82, 2.24) is 10.3 Å². The van der Waals surface area contributed by atoms with Crippen molar-refractivity contribution in [2.75, 3.05) is 6.54 Å². The molecule has 0 saturated heterocycles. The molecule has 4 nitrogen and oxygen atoms in total. The Balaban J connectivity index is 1.79. The average molecular weight is 252 g/mol. The molecule has 0 spiro atoms. The van der Waals surface area contributed by atoms with E-state index in [9.17, 15) is 14.3 Å². The minimum atomic E-state index is -0.451. The van der Waals surface area contributed by atoms with Crippen LogP contribution >= 0.6 is 0 Å². The summed E-state index contributed by atoms with van der Waals surface area (Å²) in [5.41, 5.74) is 0.229. The fourth-order valence-corrected chi connectivity index (χ4v) is 2.19. The molecule has 98 valence electrons. The summed E-state index contributed by atoms with van der Waals surface area (Å²) in [7, 11) is 0. The fraction of sp³-hybridized carbons (Fsp3) is 0.538. The summed E-state index contributed by atoms with van der Waals surface area (Å²) in [6, 6.07) is 2.59. The van der Waals surface area contributed by atoms with Crippen molar-refractivity contribution < 1.29 is 14.3 Å². The van der Waals surface area contributed by atoms with Crippen molar-refractivity contribution >= 4 is 5.91 Å². The maximum absolute atomic E-state index is 12.6. The Bertz CT molecular complexity index is 400. The minimum Gasteiger partial charge on any atom is -0.393 e. The first kappa shape index (κ1) is 13.0. The van der Waals surface area contributed by atoms with Crippen LogP contribution in [0.5, 0.6) is 0 Å². The third-order valence-electron chi connectivity index (χ3n) is 3.33. The van der Waals surface area contributed by atoms with Crippen LogP contribution in [0.25, 0.3) is 0 Å². The molecular formula is C13H17FN2O2. The van der Waals surface area contributed by atoms with Crippen LogP contribution in [0.3, 0.4) is 0 Å². The SMILES string of the molecule is O=C(NCC1CCC(O)CC1)c1ccc(F)cn1. The first-order valence-electron chi connectivity index (χ1n) is 6.23. The lowest BCUT2D eigenvalue weighted by molar-refractivity contribution is 0.0906. The van der Waals surface area contributed by atoms with Crippen LogP contribution in [0.4, 0.5) is 4.39 Å². The van der Waals surface area contributed by atoms with Gasteiger partial charge in [-0.25, -0.2) is 9.37 Å². The Morgan fingerprint density at radius 2 is 2.11 bits per heavy atom. The Labute approximate surface area is 105 Å². The van der Waals surface area contributed by atoms with E-state index in [-0.39, 0.29) is 17.7 Å². The second kappa shape index (κ2) is 5.91. The van der Waals surface area contributed by atoms with Crippen LogP contribution in [0, 0.1) is 11.7 Å². The molecule has 0 unspecified atom stereocenters. The van der Waals surface area contributed by atoms with Crippen molar-refractivity contribution in [2.24, 2.45) is 5.92 Å². The Morgan fingerprint density at radius 3 is 2.72 bits per heavy atom. The van der Waals surface area contributed by atoms with E-state index in [1.165, 1.54) is 12.1 Å². The van der Waals surface area contributed by atoms with Crippen molar-refractivity contribution in [1.29, 1.82) is 0 Å². The Kier molecular flexibility index (Phi) is 4.25. The molecule has 1 aliphatic rings. The van der Waals surface area contributed by atoms with Crippen LogP contribution in [0.15, 0.2) is 18.3 Å². The molecule has 1 heterocycles. The molecule has 0 aliphatic heterocycles. The van der Waals surface area contributed by atoms with Crippen molar-refractivity contribution in [3.63, 3.8) is 0 Å². The molecule has 1 fully saturated rings. The maximum atomic E-state index is 12.6. The van der Waals surface area contributed by atoms with E-state index < -0.39 is 5.82 Å². The minimum absolute atomic E-state index is 0.185. The van der Waals surface area contributed by atoms with Gasteiger partial charge in [-0.1, -0.05) is 0 Å².